The highest BCUT2D eigenvalue weighted by Gasteiger charge is 2.60. The van der Waals surface area contributed by atoms with E-state index in [0.29, 0.717) is 12.5 Å². The molecule has 0 saturated carbocycles. The van der Waals surface area contributed by atoms with Crippen molar-refractivity contribution in [3.8, 4) is 0 Å². The number of hydrogen-bond donors (Lipinski definition) is 2. The summed E-state index contributed by atoms with van der Waals surface area (Å²) in [5.74, 6) is -0.201. The van der Waals surface area contributed by atoms with Gasteiger partial charge in [0.25, 0.3) is 0 Å². The van der Waals surface area contributed by atoms with Gasteiger partial charge >= 0.3 is 0 Å². The molecule has 3 N–H and O–H groups in total. The first-order valence-corrected chi connectivity index (χ1v) is 7.33. The van der Waals surface area contributed by atoms with E-state index in [9.17, 15) is 14.7 Å². The third-order valence-electron chi connectivity index (χ3n) is 4.38. The zero-order valence-corrected chi connectivity index (χ0v) is 12.5. The molecule has 0 aromatic rings. The van der Waals surface area contributed by atoms with Crippen molar-refractivity contribution in [1.82, 2.24) is 9.80 Å². The Morgan fingerprint density at radius 3 is 2.55 bits per heavy atom. The van der Waals surface area contributed by atoms with Gasteiger partial charge in [-0.2, -0.15) is 0 Å². The molecule has 0 aliphatic carbocycles. The molecule has 6 heteroatoms. The van der Waals surface area contributed by atoms with E-state index in [1.165, 1.54) is 11.8 Å². The van der Waals surface area contributed by atoms with E-state index in [-0.39, 0.29) is 5.91 Å². The van der Waals surface area contributed by atoms with E-state index >= 15 is 0 Å². The maximum Gasteiger partial charge on any atom is 0.245 e. The minimum absolute atomic E-state index is 0.0552. The summed E-state index contributed by atoms with van der Waals surface area (Å²) in [6, 6.07) is -0.908. The Hall–Kier alpha value is -1.14. The first-order valence-electron chi connectivity index (χ1n) is 7.33. The van der Waals surface area contributed by atoms with Gasteiger partial charge in [0.2, 0.25) is 11.8 Å². The fourth-order valence-corrected chi connectivity index (χ4v) is 3.54. The number of hydrogen-bond acceptors (Lipinski definition) is 4. The molecule has 114 valence electrons. The fraction of sp³-hybridized carbons (Fsp3) is 0.857. The Balaban J connectivity index is 2.12. The molecule has 0 aromatic carbocycles. The average molecular weight is 283 g/mol. The van der Waals surface area contributed by atoms with Gasteiger partial charge in [0.05, 0.1) is 6.10 Å². The van der Waals surface area contributed by atoms with Crippen LogP contribution in [0.3, 0.4) is 0 Å². The largest absolute Gasteiger partial charge is 0.391 e. The van der Waals surface area contributed by atoms with Crippen LogP contribution in [0.25, 0.3) is 0 Å². The number of aliphatic hydroxyl groups excluding tert-OH is 1. The minimum Gasteiger partial charge on any atom is -0.391 e. The number of aliphatic hydroxyl groups is 1. The SMILES string of the molecule is CC(C)CN1CCCC12CN([C@H](C(N)=O)[C@@H](C)O)C2=O. The molecule has 2 aliphatic heterocycles. The van der Waals surface area contributed by atoms with Gasteiger partial charge in [0.1, 0.15) is 11.6 Å². The highest BCUT2D eigenvalue weighted by atomic mass is 16.3. The Morgan fingerprint density at radius 2 is 2.10 bits per heavy atom. The van der Waals surface area contributed by atoms with Gasteiger partial charge in [-0.3, -0.25) is 14.5 Å². The normalized spacial score (nSPS) is 29.9. The molecule has 2 saturated heterocycles. The highest BCUT2D eigenvalue weighted by molar-refractivity contribution is 5.97. The maximum absolute atomic E-state index is 12.6. The van der Waals surface area contributed by atoms with Crippen LogP contribution in [-0.4, -0.2) is 64.0 Å². The number of nitrogens with zero attached hydrogens (tertiary/aromatic N) is 2. The van der Waals surface area contributed by atoms with Gasteiger partial charge in [0.15, 0.2) is 0 Å². The van der Waals surface area contributed by atoms with Gasteiger partial charge < -0.3 is 15.7 Å². The number of carbonyl (C=O) groups is 2. The number of β-lactam (4-membered cyclic amide) rings is 1. The zero-order valence-electron chi connectivity index (χ0n) is 12.5. The molecule has 3 atom stereocenters. The summed E-state index contributed by atoms with van der Waals surface area (Å²) in [6.45, 7) is 8.07. The fourth-order valence-electron chi connectivity index (χ4n) is 3.54. The van der Waals surface area contributed by atoms with Crippen LogP contribution < -0.4 is 5.73 Å². The number of primary amides is 1. The lowest BCUT2D eigenvalue weighted by Gasteiger charge is -2.54. The predicted molar refractivity (Wildman–Crippen MR) is 74.8 cm³/mol. The van der Waals surface area contributed by atoms with Crippen molar-refractivity contribution < 1.29 is 14.7 Å². The summed E-state index contributed by atoms with van der Waals surface area (Å²) in [4.78, 5) is 27.7. The molecule has 2 amide bonds. The lowest BCUT2D eigenvalue weighted by atomic mass is 9.83. The third-order valence-corrected chi connectivity index (χ3v) is 4.38. The van der Waals surface area contributed by atoms with Crippen molar-refractivity contribution in [1.29, 1.82) is 0 Å². The summed E-state index contributed by atoms with van der Waals surface area (Å²) in [6.07, 6.45) is 0.900. The first-order chi connectivity index (χ1) is 9.29. The number of carbonyl (C=O) groups excluding carboxylic acids is 2. The van der Waals surface area contributed by atoms with E-state index < -0.39 is 23.6 Å². The Labute approximate surface area is 119 Å². The smallest absolute Gasteiger partial charge is 0.245 e. The average Bonchev–Trinajstić information content (AvgIpc) is 2.72. The molecule has 2 fully saturated rings. The maximum atomic E-state index is 12.6. The van der Waals surface area contributed by atoms with Crippen molar-refractivity contribution in [2.75, 3.05) is 19.6 Å². The van der Waals surface area contributed by atoms with Gasteiger partial charge in [-0.25, -0.2) is 0 Å². The summed E-state index contributed by atoms with van der Waals surface area (Å²) in [5, 5.41) is 9.67. The van der Waals surface area contributed by atoms with Crippen LogP contribution in [0, 0.1) is 5.92 Å². The Bertz CT molecular complexity index is 410. The number of amides is 2. The van der Waals surface area contributed by atoms with Gasteiger partial charge in [0, 0.05) is 13.1 Å². The molecular formula is C14H25N3O3. The highest BCUT2D eigenvalue weighted by Crippen LogP contribution is 2.40. The standard InChI is InChI=1S/C14H25N3O3/c1-9(2)7-16-6-4-5-14(16)8-17(13(14)20)11(10(3)18)12(15)19/h9-11,18H,4-8H2,1-3H3,(H2,15,19)/t10-,11+,14?/m1/s1. The monoisotopic (exact) mass is 283 g/mol. The second-order valence-corrected chi connectivity index (χ2v) is 6.50. The van der Waals surface area contributed by atoms with Gasteiger partial charge in [-0.05, 0) is 32.2 Å². The molecule has 6 nitrogen and oxygen atoms in total. The zero-order chi connectivity index (χ0) is 15.1. The van der Waals surface area contributed by atoms with E-state index in [0.717, 1.165) is 25.9 Å². The van der Waals surface area contributed by atoms with Crippen molar-refractivity contribution in [2.45, 2.75) is 51.3 Å². The Morgan fingerprint density at radius 1 is 1.45 bits per heavy atom. The summed E-state index contributed by atoms with van der Waals surface area (Å²) in [7, 11) is 0. The van der Waals surface area contributed by atoms with Crippen LogP contribution in [0.4, 0.5) is 0 Å². The molecule has 20 heavy (non-hydrogen) atoms. The van der Waals surface area contributed by atoms with Crippen molar-refractivity contribution in [2.24, 2.45) is 11.7 Å². The van der Waals surface area contributed by atoms with E-state index in [2.05, 4.69) is 18.7 Å². The number of rotatable bonds is 5. The van der Waals surface area contributed by atoms with Crippen LogP contribution in [0.5, 0.6) is 0 Å². The number of likely N-dealkylation sites (tertiary alicyclic amines) is 2. The number of nitrogens with two attached hydrogens (primary N) is 1. The van der Waals surface area contributed by atoms with Crippen LogP contribution in [0.2, 0.25) is 0 Å². The summed E-state index contributed by atoms with van der Waals surface area (Å²) >= 11 is 0. The molecule has 2 heterocycles. The second-order valence-electron chi connectivity index (χ2n) is 6.50. The molecule has 2 rings (SSSR count). The quantitative estimate of drug-likeness (QED) is 0.669. The third kappa shape index (κ3) is 2.31. The topological polar surface area (TPSA) is 86.9 Å². The molecular weight excluding hydrogens is 258 g/mol. The van der Waals surface area contributed by atoms with Gasteiger partial charge in [-0.15, -0.1) is 0 Å². The van der Waals surface area contributed by atoms with E-state index in [1.54, 1.807) is 0 Å². The van der Waals surface area contributed by atoms with Gasteiger partial charge in [-0.1, -0.05) is 13.8 Å². The molecule has 1 spiro atoms. The molecule has 2 aliphatic rings. The van der Waals surface area contributed by atoms with Crippen LogP contribution >= 0.6 is 0 Å². The lowest BCUT2D eigenvalue weighted by molar-refractivity contribution is -0.172. The Kier molecular flexibility index (Phi) is 4.07. The molecule has 0 radical (unpaired) electrons. The molecule has 0 aromatic heterocycles. The van der Waals surface area contributed by atoms with Crippen LogP contribution in [-0.2, 0) is 9.59 Å². The van der Waals surface area contributed by atoms with E-state index in [4.69, 9.17) is 5.73 Å². The molecule has 0 bridgehead atoms. The van der Waals surface area contributed by atoms with Crippen molar-refractivity contribution >= 4 is 11.8 Å². The van der Waals surface area contributed by atoms with Crippen molar-refractivity contribution in [3.05, 3.63) is 0 Å². The molecule has 1 unspecified atom stereocenters. The predicted octanol–water partition coefficient (Wildman–Crippen LogP) is -0.446. The van der Waals surface area contributed by atoms with E-state index in [1.807, 2.05) is 0 Å². The van der Waals surface area contributed by atoms with Crippen molar-refractivity contribution in [3.63, 3.8) is 0 Å². The second kappa shape index (κ2) is 5.33. The van der Waals surface area contributed by atoms with Crippen LogP contribution in [0.1, 0.15) is 33.6 Å². The lowest BCUT2D eigenvalue weighted by Crippen LogP contribution is -2.76. The summed E-state index contributed by atoms with van der Waals surface area (Å²) in [5.41, 5.74) is 4.85. The minimum atomic E-state index is -0.936. The summed E-state index contributed by atoms with van der Waals surface area (Å²) < 4.78 is 0. The van der Waals surface area contributed by atoms with Crippen LogP contribution in [0.15, 0.2) is 0 Å². The first kappa shape index (κ1) is 15.3.